The van der Waals surface area contributed by atoms with Crippen LogP contribution < -0.4 is 10.6 Å². The molecule has 0 saturated heterocycles. The van der Waals surface area contributed by atoms with Gasteiger partial charge >= 0.3 is 0 Å². The van der Waals surface area contributed by atoms with E-state index in [1.54, 1.807) is 36.2 Å². The zero-order valence-corrected chi connectivity index (χ0v) is 15.7. The average Bonchev–Trinajstić information content (AvgIpc) is 3.47. The molecule has 0 spiro atoms. The molecule has 0 aromatic heterocycles. The van der Waals surface area contributed by atoms with Crippen LogP contribution in [-0.2, 0) is 11.3 Å². The summed E-state index contributed by atoms with van der Waals surface area (Å²) in [6.45, 7) is 0.652. The molecule has 0 bridgehead atoms. The maximum Gasteiger partial charge on any atom is 0.253 e. The molecule has 0 atom stereocenters. The van der Waals surface area contributed by atoms with Crippen molar-refractivity contribution in [2.75, 3.05) is 18.9 Å². The Morgan fingerprint density at radius 3 is 2.61 bits per heavy atom. The number of nitrogens with one attached hydrogen (secondary N) is 2. The highest BCUT2D eigenvalue weighted by molar-refractivity contribution is 6.03. The molecule has 148 valence electrons. The monoisotopic (exact) mass is 387 g/mol. The standard InChI is InChI=1S/C21H23F2N3O2/c1-26(13-14-6-7-15(22)12-18(14)23)11-10-20(27)25-19-5-3-2-4-17(19)21(28)24-16-8-9-16/h2-7,12,16H,8-11,13H2,1H3,(H,24,28)(H,25,27). The predicted molar refractivity (Wildman–Crippen MR) is 103 cm³/mol. The summed E-state index contributed by atoms with van der Waals surface area (Å²) >= 11 is 0. The Morgan fingerprint density at radius 1 is 1.14 bits per heavy atom. The SMILES string of the molecule is CN(CCC(=O)Nc1ccccc1C(=O)NC1CC1)Cc1ccc(F)cc1F. The van der Waals surface area contributed by atoms with Gasteiger partial charge in [-0.15, -0.1) is 0 Å². The predicted octanol–water partition coefficient (Wildman–Crippen LogP) is 3.32. The van der Waals surface area contributed by atoms with E-state index in [9.17, 15) is 18.4 Å². The van der Waals surface area contributed by atoms with Crippen LogP contribution in [0.3, 0.4) is 0 Å². The van der Waals surface area contributed by atoms with Crippen LogP contribution in [0.25, 0.3) is 0 Å². The summed E-state index contributed by atoms with van der Waals surface area (Å²) in [5, 5.41) is 5.68. The van der Waals surface area contributed by atoms with Crippen LogP contribution in [0.15, 0.2) is 42.5 Å². The Hall–Kier alpha value is -2.80. The summed E-state index contributed by atoms with van der Waals surface area (Å²) in [4.78, 5) is 26.4. The van der Waals surface area contributed by atoms with Gasteiger partial charge in [0.05, 0.1) is 11.3 Å². The van der Waals surface area contributed by atoms with Crippen molar-refractivity contribution in [1.29, 1.82) is 0 Å². The number of rotatable bonds is 8. The Bertz CT molecular complexity index is 868. The summed E-state index contributed by atoms with van der Waals surface area (Å²) in [7, 11) is 1.76. The Morgan fingerprint density at radius 2 is 1.89 bits per heavy atom. The lowest BCUT2D eigenvalue weighted by Crippen LogP contribution is -2.28. The van der Waals surface area contributed by atoms with E-state index in [-0.39, 0.29) is 30.8 Å². The Kier molecular flexibility index (Phi) is 6.36. The number of hydrogen-bond donors (Lipinski definition) is 2. The minimum atomic E-state index is -0.618. The first kappa shape index (κ1) is 19.9. The van der Waals surface area contributed by atoms with Crippen molar-refractivity contribution in [3.8, 4) is 0 Å². The number of halogens is 2. The van der Waals surface area contributed by atoms with Gasteiger partial charge in [0, 0.05) is 37.2 Å². The highest BCUT2D eigenvalue weighted by atomic mass is 19.1. The van der Waals surface area contributed by atoms with Gasteiger partial charge in [-0.25, -0.2) is 8.78 Å². The molecule has 28 heavy (non-hydrogen) atoms. The molecule has 2 aromatic rings. The van der Waals surface area contributed by atoms with Crippen molar-refractivity contribution in [1.82, 2.24) is 10.2 Å². The van der Waals surface area contributed by atoms with Gasteiger partial charge in [-0.2, -0.15) is 0 Å². The molecule has 0 unspecified atom stereocenters. The zero-order valence-electron chi connectivity index (χ0n) is 15.7. The quantitative estimate of drug-likeness (QED) is 0.731. The minimum absolute atomic E-state index is 0.178. The fraction of sp³-hybridized carbons (Fsp3) is 0.333. The molecule has 2 N–H and O–H groups in total. The van der Waals surface area contributed by atoms with E-state index in [4.69, 9.17) is 0 Å². The Balaban J connectivity index is 1.52. The first-order chi connectivity index (χ1) is 13.4. The van der Waals surface area contributed by atoms with E-state index in [0.717, 1.165) is 18.9 Å². The number of nitrogens with zero attached hydrogens (tertiary/aromatic N) is 1. The molecule has 1 aliphatic carbocycles. The highest BCUT2D eigenvalue weighted by Crippen LogP contribution is 2.21. The summed E-state index contributed by atoms with van der Waals surface area (Å²) in [6, 6.07) is 10.6. The highest BCUT2D eigenvalue weighted by Gasteiger charge is 2.25. The molecule has 0 radical (unpaired) electrons. The molecule has 0 aliphatic heterocycles. The fourth-order valence-corrected chi connectivity index (χ4v) is 2.81. The summed E-state index contributed by atoms with van der Waals surface area (Å²) in [5.74, 6) is -1.65. The van der Waals surface area contributed by atoms with Crippen molar-refractivity contribution >= 4 is 17.5 Å². The first-order valence-corrected chi connectivity index (χ1v) is 9.24. The second-order valence-electron chi connectivity index (χ2n) is 7.07. The normalized spacial score (nSPS) is 13.4. The molecule has 2 amide bonds. The molecule has 7 heteroatoms. The second kappa shape index (κ2) is 8.93. The lowest BCUT2D eigenvalue weighted by Gasteiger charge is -2.17. The molecule has 5 nitrogen and oxygen atoms in total. The van der Waals surface area contributed by atoms with Crippen LogP contribution in [0, 0.1) is 11.6 Å². The number of anilines is 1. The minimum Gasteiger partial charge on any atom is -0.349 e. The van der Waals surface area contributed by atoms with E-state index in [1.165, 1.54) is 12.1 Å². The fourth-order valence-electron chi connectivity index (χ4n) is 2.81. The van der Waals surface area contributed by atoms with E-state index in [0.29, 0.717) is 23.4 Å². The lowest BCUT2D eigenvalue weighted by atomic mass is 10.1. The summed E-state index contributed by atoms with van der Waals surface area (Å²) < 4.78 is 26.7. The van der Waals surface area contributed by atoms with E-state index in [2.05, 4.69) is 10.6 Å². The van der Waals surface area contributed by atoms with Gasteiger partial charge in [0.15, 0.2) is 0 Å². The first-order valence-electron chi connectivity index (χ1n) is 9.24. The maximum absolute atomic E-state index is 13.7. The number of carbonyl (C=O) groups excluding carboxylic acids is 2. The van der Waals surface area contributed by atoms with Crippen LogP contribution in [-0.4, -0.2) is 36.3 Å². The number of carbonyl (C=O) groups is 2. The molecule has 1 fully saturated rings. The van der Waals surface area contributed by atoms with E-state index in [1.807, 2.05) is 0 Å². The third-order valence-corrected chi connectivity index (χ3v) is 4.53. The van der Waals surface area contributed by atoms with Crippen LogP contribution >= 0.6 is 0 Å². The smallest absolute Gasteiger partial charge is 0.253 e. The van der Waals surface area contributed by atoms with Gasteiger partial charge in [-0.05, 0) is 38.1 Å². The van der Waals surface area contributed by atoms with Crippen molar-refractivity contribution < 1.29 is 18.4 Å². The van der Waals surface area contributed by atoms with E-state index >= 15 is 0 Å². The third-order valence-electron chi connectivity index (χ3n) is 4.53. The van der Waals surface area contributed by atoms with Gasteiger partial charge in [0.25, 0.3) is 5.91 Å². The number of amides is 2. The van der Waals surface area contributed by atoms with Crippen LogP contribution in [0.2, 0.25) is 0 Å². The topological polar surface area (TPSA) is 61.4 Å². The summed E-state index contributed by atoms with van der Waals surface area (Å²) in [5.41, 5.74) is 1.27. The van der Waals surface area contributed by atoms with Crippen molar-refractivity contribution in [3.63, 3.8) is 0 Å². The molecule has 2 aromatic carbocycles. The lowest BCUT2D eigenvalue weighted by molar-refractivity contribution is -0.116. The number of hydrogen-bond acceptors (Lipinski definition) is 3. The average molecular weight is 387 g/mol. The molecule has 1 saturated carbocycles. The molecule has 1 aliphatic rings. The van der Waals surface area contributed by atoms with Crippen molar-refractivity contribution in [2.45, 2.75) is 31.8 Å². The van der Waals surface area contributed by atoms with Crippen LogP contribution in [0.5, 0.6) is 0 Å². The van der Waals surface area contributed by atoms with E-state index < -0.39 is 11.6 Å². The van der Waals surface area contributed by atoms with Crippen LogP contribution in [0.1, 0.15) is 35.2 Å². The largest absolute Gasteiger partial charge is 0.349 e. The summed E-state index contributed by atoms with van der Waals surface area (Å²) in [6.07, 6.45) is 2.15. The number of para-hydroxylation sites is 1. The number of benzene rings is 2. The van der Waals surface area contributed by atoms with Gasteiger partial charge in [0.2, 0.25) is 5.91 Å². The third kappa shape index (κ3) is 5.60. The van der Waals surface area contributed by atoms with Gasteiger partial charge in [-0.1, -0.05) is 18.2 Å². The Labute approximate surface area is 162 Å². The molecule has 3 rings (SSSR count). The van der Waals surface area contributed by atoms with Crippen LogP contribution in [0.4, 0.5) is 14.5 Å². The maximum atomic E-state index is 13.7. The van der Waals surface area contributed by atoms with Crippen molar-refractivity contribution in [2.24, 2.45) is 0 Å². The zero-order chi connectivity index (χ0) is 20.1. The molecule has 0 heterocycles. The molecular formula is C21H23F2N3O2. The van der Waals surface area contributed by atoms with Gasteiger partial charge in [0.1, 0.15) is 11.6 Å². The second-order valence-corrected chi connectivity index (χ2v) is 7.07. The van der Waals surface area contributed by atoms with Gasteiger partial charge in [-0.3, -0.25) is 9.59 Å². The van der Waals surface area contributed by atoms with Crippen molar-refractivity contribution in [3.05, 3.63) is 65.2 Å². The van der Waals surface area contributed by atoms with Gasteiger partial charge < -0.3 is 15.5 Å². The molecular weight excluding hydrogens is 364 g/mol.